The van der Waals surface area contributed by atoms with Gasteiger partial charge in [0.1, 0.15) is 11.5 Å². The predicted octanol–water partition coefficient (Wildman–Crippen LogP) is 2.76. The number of methoxy groups -OCH3 is 2. The van der Waals surface area contributed by atoms with Gasteiger partial charge in [-0.05, 0) is 37.9 Å². The number of aliphatic hydroxyl groups is 1. The fourth-order valence-electron chi connectivity index (χ4n) is 2.04. The molecule has 0 aliphatic heterocycles. The average Bonchev–Trinajstić information content (AvgIpc) is 2.45. The van der Waals surface area contributed by atoms with Gasteiger partial charge in [0.15, 0.2) is 0 Å². The van der Waals surface area contributed by atoms with E-state index in [-0.39, 0.29) is 6.04 Å². The van der Waals surface area contributed by atoms with Crippen LogP contribution in [0, 0.1) is 5.92 Å². The van der Waals surface area contributed by atoms with Crippen molar-refractivity contribution in [1.29, 1.82) is 0 Å². The van der Waals surface area contributed by atoms with Crippen molar-refractivity contribution in [2.45, 2.75) is 39.3 Å². The molecule has 1 aromatic rings. The van der Waals surface area contributed by atoms with Gasteiger partial charge in [0, 0.05) is 17.7 Å². The molecule has 114 valence electrons. The van der Waals surface area contributed by atoms with Crippen LogP contribution in [-0.4, -0.2) is 31.9 Å². The molecule has 0 heterocycles. The van der Waals surface area contributed by atoms with Crippen LogP contribution in [0.1, 0.15) is 38.9 Å². The Morgan fingerprint density at radius 3 is 2.40 bits per heavy atom. The van der Waals surface area contributed by atoms with Crippen molar-refractivity contribution in [1.82, 2.24) is 5.32 Å². The highest BCUT2D eigenvalue weighted by Crippen LogP contribution is 2.30. The van der Waals surface area contributed by atoms with Crippen molar-refractivity contribution >= 4 is 0 Å². The van der Waals surface area contributed by atoms with Gasteiger partial charge in [-0.3, -0.25) is 0 Å². The van der Waals surface area contributed by atoms with E-state index >= 15 is 0 Å². The van der Waals surface area contributed by atoms with Crippen LogP contribution < -0.4 is 14.8 Å². The van der Waals surface area contributed by atoms with Crippen LogP contribution in [0.25, 0.3) is 0 Å². The van der Waals surface area contributed by atoms with Gasteiger partial charge >= 0.3 is 0 Å². The summed E-state index contributed by atoms with van der Waals surface area (Å²) in [4.78, 5) is 0. The number of ether oxygens (including phenoxy) is 2. The zero-order valence-electron chi connectivity index (χ0n) is 13.1. The van der Waals surface area contributed by atoms with Crippen LogP contribution in [-0.2, 0) is 0 Å². The second-order valence-electron chi connectivity index (χ2n) is 5.48. The molecule has 0 fully saturated rings. The third-order valence-electron chi connectivity index (χ3n) is 3.42. The van der Waals surface area contributed by atoms with E-state index in [2.05, 4.69) is 19.2 Å². The molecule has 0 aromatic heterocycles. The summed E-state index contributed by atoms with van der Waals surface area (Å²) in [5, 5.41) is 13.8. The normalized spacial score (nSPS) is 14.2. The van der Waals surface area contributed by atoms with E-state index in [0.29, 0.717) is 11.7 Å². The lowest BCUT2D eigenvalue weighted by atomic mass is 10.0. The summed E-state index contributed by atoms with van der Waals surface area (Å²) in [5.41, 5.74) is 0.776. The number of hydrogen-bond donors (Lipinski definition) is 2. The Bertz CT molecular complexity index is 407. The highest BCUT2D eigenvalue weighted by Gasteiger charge is 2.20. The lowest BCUT2D eigenvalue weighted by Crippen LogP contribution is -2.33. The molecule has 2 N–H and O–H groups in total. The van der Waals surface area contributed by atoms with Crippen molar-refractivity contribution in [3.05, 3.63) is 23.8 Å². The van der Waals surface area contributed by atoms with E-state index in [4.69, 9.17) is 9.47 Å². The monoisotopic (exact) mass is 281 g/mol. The minimum absolute atomic E-state index is 0.0314. The summed E-state index contributed by atoms with van der Waals surface area (Å²) in [6.07, 6.45) is 0.486. The summed E-state index contributed by atoms with van der Waals surface area (Å²) in [5.74, 6) is 2.02. The van der Waals surface area contributed by atoms with Gasteiger partial charge in [-0.15, -0.1) is 0 Å². The van der Waals surface area contributed by atoms with Crippen LogP contribution in [0.5, 0.6) is 11.5 Å². The molecule has 0 aliphatic carbocycles. The molecule has 0 aliphatic rings. The molecular weight excluding hydrogens is 254 g/mol. The van der Waals surface area contributed by atoms with Gasteiger partial charge in [-0.2, -0.15) is 0 Å². The van der Waals surface area contributed by atoms with Crippen molar-refractivity contribution < 1.29 is 14.6 Å². The average molecular weight is 281 g/mol. The van der Waals surface area contributed by atoms with Crippen LogP contribution in [0.2, 0.25) is 0 Å². The first-order valence-electron chi connectivity index (χ1n) is 7.13. The standard InChI is InChI=1S/C16H27NO3/c1-11(2)8-9-17-12(3)16(18)14-7-6-13(19-4)10-15(14)20-5/h6-7,10-12,16-18H,8-9H2,1-5H3. The van der Waals surface area contributed by atoms with Gasteiger partial charge in [0.05, 0.1) is 20.3 Å². The molecule has 1 rings (SSSR count). The minimum atomic E-state index is -0.608. The summed E-state index contributed by atoms with van der Waals surface area (Å²) < 4.78 is 10.5. The SMILES string of the molecule is COc1ccc(C(O)C(C)NCCC(C)C)c(OC)c1. The number of benzene rings is 1. The third kappa shape index (κ3) is 4.69. The van der Waals surface area contributed by atoms with E-state index in [1.165, 1.54) is 0 Å². The molecule has 0 saturated heterocycles. The lowest BCUT2D eigenvalue weighted by Gasteiger charge is -2.23. The molecule has 2 unspecified atom stereocenters. The van der Waals surface area contributed by atoms with E-state index in [1.807, 2.05) is 19.1 Å². The molecule has 1 aromatic carbocycles. The van der Waals surface area contributed by atoms with Gasteiger partial charge < -0.3 is 19.9 Å². The summed E-state index contributed by atoms with van der Waals surface area (Å²) in [6, 6.07) is 5.45. The van der Waals surface area contributed by atoms with E-state index in [9.17, 15) is 5.11 Å². The van der Waals surface area contributed by atoms with Crippen LogP contribution in [0.4, 0.5) is 0 Å². The first kappa shape index (κ1) is 16.8. The largest absolute Gasteiger partial charge is 0.497 e. The third-order valence-corrected chi connectivity index (χ3v) is 3.42. The zero-order chi connectivity index (χ0) is 15.1. The fourth-order valence-corrected chi connectivity index (χ4v) is 2.04. The van der Waals surface area contributed by atoms with Crippen molar-refractivity contribution in [3.63, 3.8) is 0 Å². The summed E-state index contributed by atoms with van der Waals surface area (Å²) >= 11 is 0. The zero-order valence-corrected chi connectivity index (χ0v) is 13.1. The van der Waals surface area contributed by atoms with Gasteiger partial charge in [0.25, 0.3) is 0 Å². The molecule has 4 heteroatoms. The maximum absolute atomic E-state index is 10.4. The molecule has 0 saturated carbocycles. The molecule has 4 nitrogen and oxygen atoms in total. The summed E-state index contributed by atoms with van der Waals surface area (Å²) in [7, 11) is 3.21. The van der Waals surface area contributed by atoms with Crippen molar-refractivity contribution in [3.8, 4) is 11.5 Å². The second-order valence-corrected chi connectivity index (χ2v) is 5.48. The lowest BCUT2D eigenvalue weighted by molar-refractivity contribution is 0.132. The molecule has 0 amide bonds. The Morgan fingerprint density at radius 1 is 1.15 bits per heavy atom. The molecule has 20 heavy (non-hydrogen) atoms. The van der Waals surface area contributed by atoms with Crippen molar-refractivity contribution in [2.24, 2.45) is 5.92 Å². The quantitative estimate of drug-likeness (QED) is 0.769. The number of nitrogens with one attached hydrogen (secondary N) is 1. The maximum Gasteiger partial charge on any atom is 0.128 e. The minimum Gasteiger partial charge on any atom is -0.497 e. The Kier molecular flexibility index (Phi) is 6.82. The topological polar surface area (TPSA) is 50.7 Å². The van der Waals surface area contributed by atoms with Gasteiger partial charge in [-0.1, -0.05) is 13.8 Å². The van der Waals surface area contributed by atoms with Gasteiger partial charge in [0.2, 0.25) is 0 Å². The Balaban J connectivity index is 2.72. The molecule has 0 spiro atoms. The molecular formula is C16H27NO3. The van der Waals surface area contributed by atoms with E-state index in [0.717, 1.165) is 24.3 Å². The summed E-state index contributed by atoms with van der Waals surface area (Å²) in [6.45, 7) is 7.26. The Labute approximate surface area is 122 Å². The molecule has 2 atom stereocenters. The number of aliphatic hydroxyl groups excluding tert-OH is 1. The Morgan fingerprint density at radius 2 is 1.85 bits per heavy atom. The molecule has 0 bridgehead atoms. The first-order valence-corrected chi connectivity index (χ1v) is 7.13. The van der Waals surface area contributed by atoms with Gasteiger partial charge in [-0.25, -0.2) is 0 Å². The highest BCUT2D eigenvalue weighted by atomic mass is 16.5. The predicted molar refractivity (Wildman–Crippen MR) is 81.4 cm³/mol. The first-order chi connectivity index (χ1) is 9.49. The number of rotatable bonds is 8. The molecule has 0 radical (unpaired) electrons. The van der Waals surface area contributed by atoms with Crippen LogP contribution >= 0.6 is 0 Å². The van der Waals surface area contributed by atoms with E-state index in [1.54, 1.807) is 20.3 Å². The van der Waals surface area contributed by atoms with E-state index < -0.39 is 6.10 Å². The van der Waals surface area contributed by atoms with Crippen LogP contribution in [0.3, 0.4) is 0 Å². The highest BCUT2D eigenvalue weighted by molar-refractivity contribution is 5.42. The smallest absolute Gasteiger partial charge is 0.128 e. The number of hydrogen-bond acceptors (Lipinski definition) is 4. The van der Waals surface area contributed by atoms with Crippen molar-refractivity contribution in [2.75, 3.05) is 20.8 Å². The van der Waals surface area contributed by atoms with Crippen LogP contribution in [0.15, 0.2) is 18.2 Å². The fraction of sp³-hybridized carbons (Fsp3) is 0.625. The second kappa shape index (κ2) is 8.12. The Hall–Kier alpha value is -1.26. The maximum atomic E-state index is 10.4.